The van der Waals surface area contributed by atoms with Crippen LogP contribution in [0.3, 0.4) is 0 Å². The molecule has 3 aromatic heterocycles. The molecule has 20 heavy (non-hydrogen) atoms. The predicted molar refractivity (Wildman–Crippen MR) is 80.1 cm³/mol. The third-order valence-electron chi connectivity index (χ3n) is 3.01. The monoisotopic (exact) mass is 335 g/mol. The Labute approximate surface area is 124 Å². The molecule has 104 valence electrons. The van der Waals surface area contributed by atoms with E-state index in [1.165, 1.54) is 0 Å². The number of halogens is 1. The summed E-state index contributed by atoms with van der Waals surface area (Å²) in [6.07, 6.45) is 1.61. The Morgan fingerprint density at radius 3 is 2.80 bits per heavy atom. The lowest BCUT2D eigenvalue weighted by atomic mass is 10.4. The van der Waals surface area contributed by atoms with Gasteiger partial charge in [0.2, 0.25) is 5.95 Å². The van der Waals surface area contributed by atoms with Gasteiger partial charge in [-0.15, -0.1) is 0 Å². The Kier molecular flexibility index (Phi) is 3.17. The predicted octanol–water partition coefficient (Wildman–Crippen LogP) is 2.35. The van der Waals surface area contributed by atoms with Crippen molar-refractivity contribution in [3.8, 4) is 5.82 Å². The van der Waals surface area contributed by atoms with Gasteiger partial charge in [0, 0.05) is 6.54 Å². The molecule has 0 aliphatic heterocycles. The molecule has 3 aromatic rings. The molecule has 0 atom stereocenters. The molecule has 0 radical (unpaired) electrons. The van der Waals surface area contributed by atoms with Crippen LogP contribution >= 0.6 is 15.9 Å². The number of hydrogen-bond acceptors (Lipinski definition) is 5. The minimum absolute atomic E-state index is 0.547. The van der Waals surface area contributed by atoms with Crippen LogP contribution in [-0.4, -0.2) is 36.3 Å². The van der Waals surface area contributed by atoms with Crippen molar-refractivity contribution in [2.45, 2.75) is 20.8 Å². The topological polar surface area (TPSA) is 84.3 Å². The minimum Gasteiger partial charge on any atom is -0.354 e. The fraction of sp³-hybridized carbons (Fsp3) is 0.333. The number of aryl methyl sites for hydroxylation is 1. The van der Waals surface area contributed by atoms with Gasteiger partial charge >= 0.3 is 0 Å². The molecule has 0 unspecified atom stereocenters. The number of H-pyrrole nitrogens is 1. The molecule has 0 aliphatic carbocycles. The van der Waals surface area contributed by atoms with Gasteiger partial charge < -0.3 is 10.3 Å². The van der Waals surface area contributed by atoms with Gasteiger partial charge in [-0.25, -0.2) is 9.67 Å². The van der Waals surface area contributed by atoms with E-state index < -0.39 is 0 Å². The van der Waals surface area contributed by atoms with Crippen LogP contribution in [0, 0.1) is 13.8 Å². The normalized spacial score (nSPS) is 11.2. The Hall–Kier alpha value is -1.96. The molecule has 3 rings (SSSR count). The lowest BCUT2D eigenvalue weighted by Gasteiger charge is -2.07. The largest absolute Gasteiger partial charge is 0.354 e. The van der Waals surface area contributed by atoms with E-state index >= 15 is 0 Å². The molecule has 7 nitrogen and oxygen atoms in total. The maximum absolute atomic E-state index is 4.53. The molecular weight excluding hydrogens is 322 g/mol. The first-order chi connectivity index (χ1) is 9.61. The highest BCUT2D eigenvalue weighted by Gasteiger charge is 2.17. The summed E-state index contributed by atoms with van der Waals surface area (Å²) >= 11 is 3.53. The van der Waals surface area contributed by atoms with Crippen LogP contribution in [0.25, 0.3) is 17.0 Å². The molecule has 0 fully saturated rings. The third-order valence-corrected chi connectivity index (χ3v) is 4.15. The number of anilines is 1. The van der Waals surface area contributed by atoms with E-state index in [1.807, 2.05) is 20.8 Å². The van der Waals surface area contributed by atoms with E-state index in [1.54, 1.807) is 11.0 Å². The van der Waals surface area contributed by atoms with Gasteiger partial charge in [0.25, 0.3) is 0 Å². The van der Waals surface area contributed by atoms with Gasteiger partial charge in [-0.1, -0.05) is 0 Å². The summed E-state index contributed by atoms with van der Waals surface area (Å²) in [5, 5.41) is 7.63. The van der Waals surface area contributed by atoms with E-state index in [-0.39, 0.29) is 0 Å². The van der Waals surface area contributed by atoms with E-state index in [0.29, 0.717) is 17.4 Å². The summed E-state index contributed by atoms with van der Waals surface area (Å²) in [7, 11) is 0. The second kappa shape index (κ2) is 4.86. The average Bonchev–Trinajstić information content (AvgIpc) is 2.99. The second-order valence-corrected chi connectivity index (χ2v) is 5.19. The molecule has 2 N–H and O–H groups in total. The Morgan fingerprint density at radius 1 is 1.35 bits per heavy atom. The number of rotatable bonds is 3. The summed E-state index contributed by atoms with van der Waals surface area (Å²) in [5.41, 5.74) is 3.29. The van der Waals surface area contributed by atoms with Crippen LogP contribution in [0.15, 0.2) is 10.8 Å². The first kappa shape index (κ1) is 13.0. The minimum atomic E-state index is 0.547. The van der Waals surface area contributed by atoms with Crippen molar-refractivity contribution >= 4 is 33.0 Å². The number of hydrogen-bond donors (Lipinski definition) is 2. The molecular formula is C12H14BrN7. The van der Waals surface area contributed by atoms with Crippen LogP contribution in [0.5, 0.6) is 0 Å². The van der Waals surface area contributed by atoms with Crippen molar-refractivity contribution in [2.75, 3.05) is 11.9 Å². The fourth-order valence-electron chi connectivity index (χ4n) is 2.04. The highest BCUT2D eigenvalue weighted by molar-refractivity contribution is 9.10. The summed E-state index contributed by atoms with van der Waals surface area (Å²) in [6.45, 7) is 6.68. The van der Waals surface area contributed by atoms with Crippen LogP contribution in [0.4, 0.5) is 5.95 Å². The summed E-state index contributed by atoms with van der Waals surface area (Å²) < 4.78 is 2.77. The lowest BCUT2D eigenvalue weighted by Crippen LogP contribution is -2.09. The van der Waals surface area contributed by atoms with E-state index in [4.69, 9.17) is 0 Å². The molecule has 0 saturated carbocycles. The quantitative estimate of drug-likeness (QED) is 0.767. The number of imidazole rings is 1. The van der Waals surface area contributed by atoms with Gasteiger partial charge in [0.05, 0.1) is 22.2 Å². The molecule has 0 bridgehead atoms. The van der Waals surface area contributed by atoms with Crippen LogP contribution in [0.1, 0.15) is 18.3 Å². The highest BCUT2D eigenvalue weighted by atomic mass is 79.9. The SMILES string of the molecule is CCNc1nc(-n2nc(C)c(Br)c2C)c2[nH]cnc2n1. The average molecular weight is 336 g/mol. The lowest BCUT2D eigenvalue weighted by molar-refractivity contribution is 0.808. The Bertz CT molecular complexity index is 774. The number of aromatic nitrogens is 6. The van der Waals surface area contributed by atoms with E-state index in [2.05, 4.69) is 46.3 Å². The first-order valence-electron chi connectivity index (χ1n) is 6.29. The maximum Gasteiger partial charge on any atom is 0.226 e. The molecule has 0 saturated heterocycles. The summed E-state index contributed by atoms with van der Waals surface area (Å²) in [4.78, 5) is 16.2. The fourth-order valence-corrected chi connectivity index (χ4v) is 2.29. The van der Waals surface area contributed by atoms with Crippen molar-refractivity contribution < 1.29 is 0 Å². The molecule has 0 amide bonds. The van der Waals surface area contributed by atoms with Gasteiger partial charge in [0.1, 0.15) is 5.52 Å². The van der Waals surface area contributed by atoms with Gasteiger partial charge in [0.15, 0.2) is 11.5 Å². The maximum atomic E-state index is 4.53. The zero-order chi connectivity index (χ0) is 14.3. The van der Waals surface area contributed by atoms with E-state index in [9.17, 15) is 0 Å². The second-order valence-electron chi connectivity index (χ2n) is 4.40. The first-order valence-corrected chi connectivity index (χ1v) is 7.08. The summed E-state index contributed by atoms with van der Waals surface area (Å²) in [6, 6.07) is 0. The highest BCUT2D eigenvalue weighted by Crippen LogP contribution is 2.25. The van der Waals surface area contributed by atoms with Gasteiger partial charge in [-0.3, -0.25) is 0 Å². The van der Waals surface area contributed by atoms with Crippen molar-refractivity contribution in [1.82, 2.24) is 29.7 Å². The van der Waals surface area contributed by atoms with Crippen LogP contribution in [-0.2, 0) is 0 Å². The van der Waals surface area contributed by atoms with E-state index in [0.717, 1.165) is 27.9 Å². The smallest absolute Gasteiger partial charge is 0.226 e. The molecule has 3 heterocycles. The van der Waals surface area contributed by atoms with Crippen LogP contribution in [0.2, 0.25) is 0 Å². The number of aromatic amines is 1. The standard InChI is InChI=1S/C12H14BrN7/c1-4-14-12-17-10-9(15-5-16-10)11(18-12)20-7(3)8(13)6(2)19-20/h5H,4H2,1-3H3,(H2,14,15,16,17,18). The van der Waals surface area contributed by atoms with Crippen molar-refractivity contribution in [3.05, 3.63) is 22.2 Å². The molecule has 0 aliphatic rings. The van der Waals surface area contributed by atoms with Crippen LogP contribution < -0.4 is 5.32 Å². The molecule has 0 spiro atoms. The Balaban J connectivity index is 2.28. The van der Waals surface area contributed by atoms with Crippen molar-refractivity contribution in [2.24, 2.45) is 0 Å². The Morgan fingerprint density at radius 2 is 2.15 bits per heavy atom. The number of nitrogens with one attached hydrogen (secondary N) is 2. The molecule has 0 aromatic carbocycles. The summed E-state index contributed by atoms with van der Waals surface area (Å²) in [5.74, 6) is 1.24. The zero-order valence-corrected chi connectivity index (χ0v) is 13.0. The third kappa shape index (κ3) is 1.96. The van der Waals surface area contributed by atoms with Crippen molar-refractivity contribution in [1.29, 1.82) is 0 Å². The van der Waals surface area contributed by atoms with Gasteiger partial charge in [-0.2, -0.15) is 15.1 Å². The van der Waals surface area contributed by atoms with Gasteiger partial charge in [-0.05, 0) is 36.7 Å². The number of fused-ring (bicyclic) bond motifs is 1. The number of nitrogens with zero attached hydrogens (tertiary/aromatic N) is 5. The molecule has 8 heteroatoms. The van der Waals surface area contributed by atoms with Crippen molar-refractivity contribution in [3.63, 3.8) is 0 Å². The zero-order valence-electron chi connectivity index (χ0n) is 11.4.